The second-order valence-corrected chi connectivity index (χ2v) is 5.31. The molecule has 0 spiro atoms. The molecule has 0 aliphatic carbocycles. The van der Waals surface area contributed by atoms with E-state index < -0.39 is 0 Å². The Balaban J connectivity index is 1.82. The van der Waals surface area contributed by atoms with Crippen LogP contribution in [0.15, 0.2) is 42.5 Å². The van der Waals surface area contributed by atoms with Crippen LogP contribution in [0.2, 0.25) is 0 Å². The van der Waals surface area contributed by atoms with Crippen molar-refractivity contribution < 1.29 is 19.0 Å². The van der Waals surface area contributed by atoms with Crippen LogP contribution >= 0.6 is 0 Å². The molecule has 5 heteroatoms. The zero-order chi connectivity index (χ0) is 16.2. The van der Waals surface area contributed by atoms with E-state index in [1.165, 1.54) is 0 Å². The molecule has 1 atom stereocenters. The molecule has 1 aliphatic rings. The number of carbonyl (C=O) groups excluding carboxylic acids is 1. The minimum Gasteiger partial charge on any atom is -0.493 e. The number of benzene rings is 2. The van der Waals surface area contributed by atoms with Gasteiger partial charge in [0.2, 0.25) is 5.75 Å². The maximum Gasteiger partial charge on any atom is 0.252 e. The minimum absolute atomic E-state index is 0.0945. The Morgan fingerprint density at radius 3 is 2.65 bits per heavy atom. The molecule has 2 aromatic carbocycles. The molecule has 1 heterocycles. The summed E-state index contributed by atoms with van der Waals surface area (Å²) < 4.78 is 16.4. The van der Waals surface area contributed by atoms with E-state index in [0.717, 1.165) is 5.56 Å². The summed E-state index contributed by atoms with van der Waals surface area (Å²) in [6.07, 6.45) is 0. The van der Waals surface area contributed by atoms with Crippen molar-refractivity contribution in [1.82, 2.24) is 5.32 Å². The molecule has 1 amide bonds. The molecule has 0 aromatic heterocycles. The predicted octanol–water partition coefficient (Wildman–Crippen LogP) is 2.96. The Bertz CT molecular complexity index is 682. The topological polar surface area (TPSA) is 56.8 Å². The lowest BCUT2D eigenvalue weighted by Crippen LogP contribution is -2.27. The van der Waals surface area contributed by atoms with Gasteiger partial charge in [-0.05, 0) is 24.6 Å². The van der Waals surface area contributed by atoms with E-state index in [1.807, 2.05) is 37.3 Å². The molecule has 0 fully saturated rings. The summed E-state index contributed by atoms with van der Waals surface area (Å²) in [4.78, 5) is 12.5. The molecule has 23 heavy (non-hydrogen) atoms. The highest BCUT2D eigenvalue weighted by atomic mass is 16.6. The van der Waals surface area contributed by atoms with Gasteiger partial charge in [-0.25, -0.2) is 0 Å². The Kier molecular flexibility index (Phi) is 4.37. The van der Waals surface area contributed by atoms with Crippen molar-refractivity contribution in [1.29, 1.82) is 0 Å². The molecule has 1 N–H and O–H groups in total. The Morgan fingerprint density at radius 1 is 1.17 bits per heavy atom. The van der Waals surface area contributed by atoms with Crippen LogP contribution in [0.3, 0.4) is 0 Å². The number of carbonyl (C=O) groups is 1. The van der Waals surface area contributed by atoms with Gasteiger partial charge in [-0.2, -0.15) is 0 Å². The van der Waals surface area contributed by atoms with E-state index in [4.69, 9.17) is 14.2 Å². The van der Waals surface area contributed by atoms with Gasteiger partial charge >= 0.3 is 0 Å². The summed E-state index contributed by atoms with van der Waals surface area (Å²) in [7, 11) is 1.54. The molecule has 5 nitrogen and oxygen atoms in total. The Morgan fingerprint density at radius 2 is 1.91 bits per heavy atom. The Labute approximate surface area is 135 Å². The van der Waals surface area contributed by atoms with Gasteiger partial charge in [0, 0.05) is 5.56 Å². The Hall–Kier alpha value is -2.69. The van der Waals surface area contributed by atoms with Gasteiger partial charge in [-0.3, -0.25) is 4.79 Å². The van der Waals surface area contributed by atoms with Gasteiger partial charge < -0.3 is 19.5 Å². The number of amides is 1. The van der Waals surface area contributed by atoms with Gasteiger partial charge in [0.25, 0.3) is 5.91 Å². The van der Waals surface area contributed by atoms with Crippen molar-refractivity contribution >= 4 is 5.91 Å². The van der Waals surface area contributed by atoms with Crippen molar-refractivity contribution in [2.24, 2.45) is 0 Å². The number of ether oxygens (including phenoxy) is 3. The summed E-state index contributed by atoms with van der Waals surface area (Å²) in [5.41, 5.74) is 1.53. The number of methoxy groups -OCH3 is 1. The monoisotopic (exact) mass is 313 g/mol. The van der Waals surface area contributed by atoms with Crippen LogP contribution in [-0.2, 0) is 0 Å². The molecule has 0 radical (unpaired) electrons. The van der Waals surface area contributed by atoms with E-state index in [-0.39, 0.29) is 11.9 Å². The van der Waals surface area contributed by atoms with E-state index >= 15 is 0 Å². The largest absolute Gasteiger partial charge is 0.493 e. The van der Waals surface area contributed by atoms with Crippen LogP contribution in [0.25, 0.3) is 0 Å². The molecular formula is C18H19NO4. The lowest BCUT2D eigenvalue weighted by Gasteiger charge is -2.22. The van der Waals surface area contributed by atoms with Crippen molar-refractivity contribution in [2.45, 2.75) is 13.0 Å². The number of hydrogen-bond donors (Lipinski definition) is 1. The van der Waals surface area contributed by atoms with Crippen LogP contribution in [0.5, 0.6) is 17.2 Å². The highest BCUT2D eigenvalue weighted by molar-refractivity contribution is 5.95. The van der Waals surface area contributed by atoms with Crippen molar-refractivity contribution in [3.05, 3.63) is 53.6 Å². The maximum absolute atomic E-state index is 12.5. The highest BCUT2D eigenvalue weighted by Gasteiger charge is 2.21. The first-order chi connectivity index (χ1) is 11.2. The quantitative estimate of drug-likeness (QED) is 0.943. The van der Waals surface area contributed by atoms with E-state index in [1.54, 1.807) is 19.2 Å². The van der Waals surface area contributed by atoms with Gasteiger partial charge in [-0.1, -0.05) is 30.3 Å². The molecule has 120 valence electrons. The average molecular weight is 313 g/mol. The maximum atomic E-state index is 12.5. The predicted molar refractivity (Wildman–Crippen MR) is 86.3 cm³/mol. The number of fused-ring (bicyclic) bond motifs is 1. The lowest BCUT2D eigenvalue weighted by molar-refractivity contribution is 0.0938. The fourth-order valence-electron chi connectivity index (χ4n) is 2.51. The molecule has 0 saturated carbocycles. The van der Waals surface area contributed by atoms with Crippen LogP contribution in [0, 0.1) is 0 Å². The third-order valence-corrected chi connectivity index (χ3v) is 3.74. The molecule has 1 aliphatic heterocycles. The highest BCUT2D eigenvalue weighted by Crippen LogP contribution is 2.40. The normalized spacial score (nSPS) is 14.0. The molecule has 0 unspecified atom stereocenters. The van der Waals surface area contributed by atoms with E-state index in [0.29, 0.717) is 36.0 Å². The molecule has 3 rings (SSSR count). The standard InChI is InChI=1S/C18H19NO4/c1-12(13-6-4-3-5-7-13)19-18(20)14-10-15(21-2)17-16(11-14)22-8-9-23-17/h3-7,10-12H,8-9H2,1-2H3,(H,19,20)/t12-/m1/s1. The van der Waals surface area contributed by atoms with Crippen LogP contribution in [0.1, 0.15) is 28.9 Å². The van der Waals surface area contributed by atoms with Crippen molar-refractivity contribution in [3.63, 3.8) is 0 Å². The van der Waals surface area contributed by atoms with Gasteiger partial charge in [0.15, 0.2) is 11.5 Å². The van der Waals surface area contributed by atoms with Crippen LogP contribution < -0.4 is 19.5 Å². The minimum atomic E-state index is -0.184. The van der Waals surface area contributed by atoms with Crippen LogP contribution in [-0.4, -0.2) is 26.2 Å². The molecule has 0 saturated heterocycles. The molecule has 2 aromatic rings. The van der Waals surface area contributed by atoms with Crippen molar-refractivity contribution in [3.8, 4) is 17.2 Å². The summed E-state index contributed by atoms with van der Waals surface area (Å²) in [5, 5.41) is 2.98. The first kappa shape index (κ1) is 15.2. The third kappa shape index (κ3) is 3.23. The van der Waals surface area contributed by atoms with E-state index in [9.17, 15) is 4.79 Å². The molecular weight excluding hydrogens is 294 g/mol. The average Bonchev–Trinajstić information content (AvgIpc) is 2.61. The first-order valence-electron chi connectivity index (χ1n) is 7.52. The first-order valence-corrected chi connectivity index (χ1v) is 7.52. The number of rotatable bonds is 4. The summed E-state index contributed by atoms with van der Waals surface area (Å²) in [6, 6.07) is 13.1. The van der Waals surface area contributed by atoms with Gasteiger partial charge in [-0.15, -0.1) is 0 Å². The number of nitrogens with one attached hydrogen (secondary N) is 1. The zero-order valence-corrected chi connectivity index (χ0v) is 13.2. The fourth-order valence-corrected chi connectivity index (χ4v) is 2.51. The smallest absolute Gasteiger partial charge is 0.252 e. The summed E-state index contributed by atoms with van der Waals surface area (Å²) in [5.74, 6) is 1.40. The van der Waals surface area contributed by atoms with Gasteiger partial charge in [0.05, 0.1) is 13.2 Å². The second-order valence-electron chi connectivity index (χ2n) is 5.31. The number of hydrogen-bond acceptors (Lipinski definition) is 4. The van der Waals surface area contributed by atoms with Gasteiger partial charge in [0.1, 0.15) is 13.2 Å². The summed E-state index contributed by atoms with van der Waals surface area (Å²) >= 11 is 0. The lowest BCUT2D eigenvalue weighted by atomic mass is 10.1. The molecule has 0 bridgehead atoms. The van der Waals surface area contributed by atoms with Crippen LogP contribution in [0.4, 0.5) is 0 Å². The SMILES string of the molecule is COc1cc(C(=O)N[C@H](C)c2ccccc2)cc2c1OCCO2. The zero-order valence-electron chi connectivity index (χ0n) is 13.2. The second kappa shape index (κ2) is 6.60. The summed E-state index contributed by atoms with van der Waals surface area (Å²) in [6.45, 7) is 2.88. The van der Waals surface area contributed by atoms with Crippen molar-refractivity contribution in [2.75, 3.05) is 20.3 Å². The fraction of sp³-hybridized carbons (Fsp3) is 0.278. The third-order valence-electron chi connectivity index (χ3n) is 3.74. The van der Waals surface area contributed by atoms with E-state index in [2.05, 4.69) is 5.32 Å².